The van der Waals surface area contributed by atoms with Crippen LogP contribution in [0.15, 0.2) is 0 Å². The van der Waals surface area contributed by atoms with Crippen molar-refractivity contribution in [2.45, 2.75) is 31.5 Å². The van der Waals surface area contributed by atoms with E-state index in [1.807, 2.05) is 0 Å². The number of halogens is 2. The molecule has 0 aromatic heterocycles. The van der Waals surface area contributed by atoms with Crippen LogP contribution < -0.4 is 0 Å². The summed E-state index contributed by atoms with van der Waals surface area (Å²) in [5.41, 5.74) is 0.186. The van der Waals surface area contributed by atoms with Gasteiger partial charge in [0.1, 0.15) is 0 Å². The first-order valence-corrected chi connectivity index (χ1v) is 7.16. The van der Waals surface area contributed by atoms with E-state index >= 15 is 0 Å². The van der Waals surface area contributed by atoms with E-state index in [0.717, 1.165) is 10.8 Å². The van der Waals surface area contributed by atoms with Gasteiger partial charge in [-0.2, -0.15) is 0 Å². The number of alkyl halides is 2. The van der Waals surface area contributed by atoms with Crippen LogP contribution in [0.25, 0.3) is 0 Å². The molecule has 2 rings (SSSR count). The second kappa shape index (κ2) is 2.94. The van der Waals surface area contributed by atoms with Crippen LogP contribution in [0.1, 0.15) is 26.7 Å². The molecule has 2 aliphatic carbocycles. The molecule has 2 saturated carbocycles. The lowest BCUT2D eigenvalue weighted by Gasteiger charge is -2.34. The molecule has 0 amide bonds. The molecular formula is C10H14BrIO. The van der Waals surface area contributed by atoms with Crippen LogP contribution in [-0.2, 0) is 4.79 Å². The summed E-state index contributed by atoms with van der Waals surface area (Å²) in [5.74, 6) is 1.02. The standard InChI is InChI=1S/C10H14BrIO/c1-9-4-3-6(7(11)8(9)13)10(9,2)5-12/h6-7H,3-5H2,1-2H3/t6-,7+,9+,10+/m0/s1. The van der Waals surface area contributed by atoms with Crippen molar-refractivity contribution in [2.24, 2.45) is 16.7 Å². The molecule has 1 nitrogen and oxygen atoms in total. The van der Waals surface area contributed by atoms with E-state index in [1.54, 1.807) is 0 Å². The zero-order valence-corrected chi connectivity index (χ0v) is 11.7. The monoisotopic (exact) mass is 356 g/mol. The van der Waals surface area contributed by atoms with Gasteiger partial charge in [-0.25, -0.2) is 0 Å². The summed E-state index contributed by atoms with van der Waals surface area (Å²) in [6.45, 7) is 4.45. The molecule has 0 unspecified atom stereocenters. The molecule has 0 radical (unpaired) electrons. The minimum absolute atomic E-state index is 0.0486. The van der Waals surface area contributed by atoms with Gasteiger partial charge in [-0.1, -0.05) is 52.4 Å². The van der Waals surface area contributed by atoms with Crippen molar-refractivity contribution in [1.29, 1.82) is 0 Å². The molecule has 13 heavy (non-hydrogen) atoms. The topological polar surface area (TPSA) is 17.1 Å². The van der Waals surface area contributed by atoms with Crippen LogP contribution >= 0.6 is 38.5 Å². The van der Waals surface area contributed by atoms with Gasteiger partial charge in [0.25, 0.3) is 0 Å². The van der Waals surface area contributed by atoms with Crippen molar-refractivity contribution in [2.75, 3.05) is 4.43 Å². The molecule has 0 aliphatic heterocycles. The number of carbonyl (C=O) groups is 1. The predicted molar refractivity (Wildman–Crippen MR) is 65.5 cm³/mol. The van der Waals surface area contributed by atoms with Gasteiger partial charge in [0.2, 0.25) is 0 Å². The van der Waals surface area contributed by atoms with Gasteiger partial charge in [-0.3, -0.25) is 4.79 Å². The number of fused-ring (bicyclic) bond motifs is 2. The summed E-state index contributed by atoms with van der Waals surface area (Å²) in [7, 11) is 0. The first-order valence-electron chi connectivity index (χ1n) is 4.72. The maximum atomic E-state index is 12.0. The fraction of sp³-hybridized carbons (Fsp3) is 0.900. The Hall–Kier alpha value is 0.880. The highest BCUT2D eigenvalue weighted by atomic mass is 127. The minimum Gasteiger partial charge on any atom is -0.298 e. The fourth-order valence-electron chi connectivity index (χ4n) is 3.07. The lowest BCUT2D eigenvalue weighted by Crippen LogP contribution is -2.36. The quantitative estimate of drug-likeness (QED) is 0.521. The Morgan fingerprint density at radius 1 is 1.62 bits per heavy atom. The number of carbonyl (C=O) groups excluding carboxylic acids is 1. The van der Waals surface area contributed by atoms with E-state index in [4.69, 9.17) is 0 Å². The van der Waals surface area contributed by atoms with E-state index in [9.17, 15) is 4.79 Å². The molecule has 0 heterocycles. The van der Waals surface area contributed by atoms with Crippen LogP contribution in [0.4, 0.5) is 0 Å². The van der Waals surface area contributed by atoms with Gasteiger partial charge in [0.15, 0.2) is 5.78 Å². The normalized spacial score (nSPS) is 54.6. The number of ketones is 1. The van der Waals surface area contributed by atoms with Gasteiger partial charge in [-0.05, 0) is 24.2 Å². The van der Waals surface area contributed by atoms with Crippen LogP contribution in [0.3, 0.4) is 0 Å². The van der Waals surface area contributed by atoms with E-state index in [0.29, 0.717) is 11.7 Å². The van der Waals surface area contributed by atoms with Gasteiger partial charge >= 0.3 is 0 Å². The Bertz CT molecular complexity index is 268. The highest BCUT2D eigenvalue weighted by Gasteiger charge is 2.67. The van der Waals surface area contributed by atoms with Crippen LogP contribution in [0.2, 0.25) is 0 Å². The highest BCUT2D eigenvalue weighted by Crippen LogP contribution is 2.65. The third kappa shape index (κ3) is 1.01. The van der Waals surface area contributed by atoms with Crippen LogP contribution in [-0.4, -0.2) is 15.0 Å². The molecule has 3 heteroatoms. The van der Waals surface area contributed by atoms with E-state index in [1.165, 1.54) is 6.42 Å². The lowest BCUT2D eigenvalue weighted by atomic mass is 9.70. The van der Waals surface area contributed by atoms with Crippen molar-refractivity contribution in [3.63, 3.8) is 0 Å². The molecule has 2 fully saturated rings. The van der Waals surface area contributed by atoms with Gasteiger partial charge in [0.05, 0.1) is 4.83 Å². The molecular weight excluding hydrogens is 343 g/mol. The van der Waals surface area contributed by atoms with E-state index < -0.39 is 0 Å². The smallest absolute Gasteiger partial charge is 0.153 e. The van der Waals surface area contributed by atoms with Gasteiger partial charge < -0.3 is 0 Å². The average molecular weight is 357 g/mol. The fourth-order valence-corrected chi connectivity index (χ4v) is 5.83. The average Bonchev–Trinajstić information content (AvgIpc) is 2.44. The first-order chi connectivity index (χ1) is 5.97. The highest BCUT2D eigenvalue weighted by molar-refractivity contribution is 14.1. The van der Waals surface area contributed by atoms with Crippen molar-refractivity contribution < 1.29 is 4.79 Å². The lowest BCUT2D eigenvalue weighted by molar-refractivity contribution is -0.127. The summed E-state index contributed by atoms with van der Waals surface area (Å²) in [6, 6.07) is 0. The van der Waals surface area contributed by atoms with Crippen molar-refractivity contribution in [1.82, 2.24) is 0 Å². The Labute approximate surface area is 101 Å². The first kappa shape index (κ1) is 10.4. The van der Waals surface area contributed by atoms with Gasteiger partial charge in [-0.15, -0.1) is 0 Å². The third-order valence-corrected chi connectivity index (χ3v) is 7.10. The molecule has 4 atom stereocenters. The molecule has 0 spiro atoms. The maximum absolute atomic E-state index is 12.0. The molecule has 0 saturated heterocycles. The van der Waals surface area contributed by atoms with Crippen LogP contribution in [0.5, 0.6) is 0 Å². The van der Waals surface area contributed by atoms with Crippen molar-refractivity contribution >= 4 is 44.3 Å². The van der Waals surface area contributed by atoms with Crippen molar-refractivity contribution in [3.8, 4) is 0 Å². The SMILES string of the molecule is C[C@@]12CC[C@@H]([C@@H](Br)C1=O)[C@@]2(C)CI. The summed E-state index contributed by atoms with van der Waals surface area (Å²) in [4.78, 5) is 12.1. The Kier molecular flexibility index (Phi) is 2.35. The number of rotatable bonds is 1. The summed E-state index contributed by atoms with van der Waals surface area (Å²) in [5, 5.41) is 0. The number of Topliss-reactive ketones (excluding diaryl/α,β-unsaturated/α-hetero) is 1. The summed E-state index contributed by atoms with van der Waals surface area (Å²) < 4.78 is 1.10. The van der Waals surface area contributed by atoms with Crippen molar-refractivity contribution in [3.05, 3.63) is 0 Å². The molecule has 2 bridgehead atoms. The zero-order chi connectivity index (χ0) is 9.85. The largest absolute Gasteiger partial charge is 0.298 e. The second-order valence-electron chi connectivity index (χ2n) is 4.79. The zero-order valence-electron chi connectivity index (χ0n) is 7.94. The minimum atomic E-state index is -0.0486. The van der Waals surface area contributed by atoms with E-state index in [2.05, 4.69) is 52.4 Å². The molecule has 0 aromatic carbocycles. The number of hydrogen-bond acceptors (Lipinski definition) is 1. The molecule has 2 aliphatic rings. The maximum Gasteiger partial charge on any atom is 0.153 e. The predicted octanol–water partition coefficient (Wildman–Crippen LogP) is 3.19. The molecule has 74 valence electrons. The molecule has 0 N–H and O–H groups in total. The second-order valence-corrected chi connectivity index (χ2v) is 6.54. The summed E-state index contributed by atoms with van der Waals surface area (Å²) >= 11 is 5.99. The summed E-state index contributed by atoms with van der Waals surface area (Å²) in [6.07, 6.45) is 2.32. The third-order valence-electron chi connectivity index (χ3n) is 4.46. The van der Waals surface area contributed by atoms with E-state index in [-0.39, 0.29) is 15.7 Å². The Balaban J connectivity index is 2.49. The van der Waals surface area contributed by atoms with Crippen LogP contribution in [0, 0.1) is 16.7 Å². The van der Waals surface area contributed by atoms with Gasteiger partial charge in [0, 0.05) is 9.84 Å². The Morgan fingerprint density at radius 3 is 2.54 bits per heavy atom. The number of hydrogen-bond donors (Lipinski definition) is 0. The molecule has 0 aromatic rings. The Morgan fingerprint density at radius 2 is 2.23 bits per heavy atom.